The third kappa shape index (κ3) is 4.15. The van der Waals surface area contributed by atoms with E-state index in [4.69, 9.17) is 4.42 Å². The maximum atomic E-state index is 13.0. The number of aryl methyl sites for hydroxylation is 1. The Morgan fingerprint density at radius 1 is 1.13 bits per heavy atom. The number of nitrogens with zero attached hydrogens (tertiary/aromatic N) is 3. The molecule has 0 spiro atoms. The van der Waals surface area contributed by atoms with Crippen LogP contribution < -0.4 is 5.56 Å². The van der Waals surface area contributed by atoms with Gasteiger partial charge in [0.2, 0.25) is 10.0 Å². The average Bonchev–Trinajstić information content (AvgIpc) is 3.48. The van der Waals surface area contributed by atoms with Crippen LogP contribution in [0.2, 0.25) is 0 Å². The fraction of sp³-hybridized carbons (Fsp3) is 0.364. The van der Waals surface area contributed by atoms with Crippen LogP contribution >= 0.6 is 0 Å². The van der Waals surface area contributed by atoms with Gasteiger partial charge in [0.25, 0.3) is 5.56 Å². The van der Waals surface area contributed by atoms with Gasteiger partial charge in [0, 0.05) is 42.3 Å². The molecule has 0 saturated carbocycles. The number of Topliss-reactive ketones (excluding diaryl/α,β-unsaturated/α-hetero) is 1. The first-order valence-electron chi connectivity index (χ1n) is 10.2. The number of ketones is 1. The predicted octanol–water partition coefficient (Wildman–Crippen LogP) is 2.58. The lowest BCUT2D eigenvalue weighted by Crippen LogP contribution is -2.30. The second-order valence-electron chi connectivity index (χ2n) is 7.82. The SMILES string of the molecule is Cc1cc(C(=O)Cn2cc(S(=O)(=O)N3CCCC3)ccc2=O)c(C)n1Cc1ccco1. The molecular formula is C22H25N3O5S. The van der Waals surface area contributed by atoms with Crippen molar-refractivity contribution in [1.29, 1.82) is 0 Å². The van der Waals surface area contributed by atoms with E-state index >= 15 is 0 Å². The van der Waals surface area contributed by atoms with Gasteiger partial charge in [-0.2, -0.15) is 4.31 Å². The average molecular weight is 444 g/mol. The number of aromatic nitrogens is 2. The quantitative estimate of drug-likeness (QED) is 0.523. The summed E-state index contributed by atoms with van der Waals surface area (Å²) < 4.78 is 35.6. The molecule has 1 saturated heterocycles. The van der Waals surface area contributed by atoms with Gasteiger partial charge >= 0.3 is 0 Å². The molecule has 164 valence electrons. The highest BCUT2D eigenvalue weighted by Gasteiger charge is 2.28. The smallest absolute Gasteiger partial charge is 0.251 e. The Morgan fingerprint density at radius 2 is 1.87 bits per heavy atom. The fourth-order valence-electron chi connectivity index (χ4n) is 3.99. The van der Waals surface area contributed by atoms with Gasteiger partial charge in [-0.15, -0.1) is 0 Å². The molecule has 4 rings (SSSR count). The fourth-order valence-corrected chi connectivity index (χ4v) is 5.53. The lowest BCUT2D eigenvalue weighted by Gasteiger charge is -2.16. The van der Waals surface area contributed by atoms with Crippen molar-refractivity contribution in [3.05, 3.63) is 75.9 Å². The number of hydrogen-bond donors (Lipinski definition) is 0. The lowest BCUT2D eigenvalue weighted by molar-refractivity contribution is 0.0969. The second kappa shape index (κ2) is 8.32. The van der Waals surface area contributed by atoms with Crippen molar-refractivity contribution in [3.8, 4) is 0 Å². The molecule has 1 fully saturated rings. The molecule has 0 amide bonds. The van der Waals surface area contributed by atoms with Gasteiger partial charge in [0.15, 0.2) is 5.78 Å². The number of pyridine rings is 1. The minimum atomic E-state index is -3.67. The first-order chi connectivity index (χ1) is 14.8. The number of sulfonamides is 1. The van der Waals surface area contributed by atoms with Crippen molar-refractivity contribution in [2.75, 3.05) is 13.1 Å². The topological polar surface area (TPSA) is 94.5 Å². The van der Waals surface area contributed by atoms with Crippen LogP contribution in [0.4, 0.5) is 0 Å². The second-order valence-corrected chi connectivity index (χ2v) is 9.75. The van der Waals surface area contributed by atoms with Crippen LogP contribution in [0.5, 0.6) is 0 Å². The summed E-state index contributed by atoms with van der Waals surface area (Å²) >= 11 is 0. The van der Waals surface area contributed by atoms with Gasteiger partial charge < -0.3 is 13.6 Å². The third-order valence-electron chi connectivity index (χ3n) is 5.74. The van der Waals surface area contributed by atoms with Crippen LogP contribution in [-0.2, 0) is 23.1 Å². The molecule has 0 unspecified atom stereocenters. The van der Waals surface area contributed by atoms with Gasteiger partial charge in [-0.25, -0.2) is 8.42 Å². The van der Waals surface area contributed by atoms with E-state index in [0.717, 1.165) is 30.0 Å². The molecule has 1 aliphatic rings. The van der Waals surface area contributed by atoms with E-state index < -0.39 is 15.6 Å². The molecule has 3 aromatic heterocycles. The van der Waals surface area contributed by atoms with Gasteiger partial charge in [0.05, 0.1) is 24.2 Å². The minimum absolute atomic E-state index is 0.0325. The number of carbonyl (C=O) groups is 1. The van der Waals surface area contributed by atoms with Crippen LogP contribution in [0.1, 0.15) is 40.3 Å². The van der Waals surface area contributed by atoms with Crippen LogP contribution in [0.25, 0.3) is 0 Å². The summed E-state index contributed by atoms with van der Waals surface area (Å²) in [5.41, 5.74) is 1.75. The van der Waals surface area contributed by atoms with E-state index in [9.17, 15) is 18.0 Å². The molecule has 0 bridgehead atoms. The molecule has 3 aromatic rings. The van der Waals surface area contributed by atoms with Crippen molar-refractivity contribution >= 4 is 15.8 Å². The van der Waals surface area contributed by atoms with E-state index in [2.05, 4.69) is 0 Å². The highest BCUT2D eigenvalue weighted by molar-refractivity contribution is 7.89. The van der Waals surface area contributed by atoms with Gasteiger partial charge in [-0.3, -0.25) is 9.59 Å². The number of rotatable bonds is 7. The van der Waals surface area contributed by atoms with Crippen LogP contribution in [0.3, 0.4) is 0 Å². The predicted molar refractivity (Wildman–Crippen MR) is 115 cm³/mol. The van der Waals surface area contributed by atoms with E-state index in [1.807, 2.05) is 30.5 Å². The molecule has 1 aliphatic heterocycles. The molecule has 0 atom stereocenters. The molecular weight excluding hydrogens is 418 g/mol. The number of carbonyl (C=O) groups excluding carboxylic acids is 1. The molecule has 0 aromatic carbocycles. The zero-order chi connectivity index (χ0) is 22.2. The summed E-state index contributed by atoms with van der Waals surface area (Å²) in [5, 5.41) is 0. The molecule has 0 N–H and O–H groups in total. The maximum absolute atomic E-state index is 13.0. The van der Waals surface area contributed by atoms with Crippen LogP contribution in [-0.4, -0.2) is 40.7 Å². The summed E-state index contributed by atoms with van der Waals surface area (Å²) in [6.07, 6.45) is 4.52. The molecule has 0 aliphatic carbocycles. The van der Waals surface area contributed by atoms with Gasteiger partial charge in [-0.1, -0.05) is 0 Å². The van der Waals surface area contributed by atoms with E-state index in [1.54, 1.807) is 12.3 Å². The van der Waals surface area contributed by atoms with Gasteiger partial charge in [0.1, 0.15) is 5.76 Å². The Morgan fingerprint density at radius 3 is 2.55 bits per heavy atom. The Hall–Kier alpha value is -2.91. The monoisotopic (exact) mass is 443 g/mol. The molecule has 8 nitrogen and oxygen atoms in total. The zero-order valence-corrected chi connectivity index (χ0v) is 18.4. The van der Waals surface area contributed by atoms with E-state index in [0.29, 0.717) is 25.2 Å². The van der Waals surface area contributed by atoms with Crippen LogP contribution in [0, 0.1) is 13.8 Å². The molecule has 9 heteroatoms. The molecule has 0 radical (unpaired) electrons. The first kappa shape index (κ1) is 21.3. The van der Waals surface area contributed by atoms with Crippen LogP contribution in [0.15, 0.2) is 56.9 Å². The summed E-state index contributed by atoms with van der Waals surface area (Å²) in [5.74, 6) is 0.522. The molecule has 31 heavy (non-hydrogen) atoms. The number of furan rings is 1. The van der Waals surface area contributed by atoms with Gasteiger partial charge in [-0.05, 0) is 51.0 Å². The standard InChI is InChI=1S/C22H25N3O5S/c1-16-12-20(17(2)25(16)13-18-6-5-11-30-18)21(26)15-23-14-19(7-8-22(23)27)31(28,29)24-9-3-4-10-24/h5-8,11-12,14H,3-4,9-10,13,15H2,1-2H3. The zero-order valence-electron chi connectivity index (χ0n) is 17.6. The van der Waals surface area contributed by atoms with Crippen molar-refractivity contribution in [3.63, 3.8) is 0 Å². The highest BCUT2D eigenvalue weighted by Crippen LogP contribution is 2.21. The van der Waals surface area contributed by atoms with Crippen molar-refractivity contribution < 1.29 is 17.6 Å². The van der Waals surface area contributed by atoms with E-state index in [-0.39, 0.29) is 17.2 Å². The maximum Gasteiger partial charge on any atom is 0.251 e. The van der Waals surface area contributed by atoms with Crippen molar-refractivity contribution in [2.24, 2.45) is 0 Å². The third-order valence-corrected chi connectivity index (χ3v) is 7.62. The normalized spacial score (nSPS) is 14.9. The molecule has 4 heterocycles. The summed E-state index contributed by atoms with van der Waals surface area (Å²) in [6.45, 7) is 4.97. The Labute approximate surface area is 180 Å². The Bertz CT molecular complexity index is 1260. The summed E-state index contributed by atoms with van der Waals surface area (Å²) in [4.78, 5) is 25.4. The first-order valence-corrected chi connectivity index (χ1v) is 11.6. The summed E-state index contributed by atoms with van der Waals surface area (Å²) in [7, 11) is -3.67. The minimum Gasteiger partial charge on any atom is -0.467 e. The lowest BCUT2D eigenvalue weighted by atomic mass is 10.1. The Balaban J connectivity index is 1.60. The Kier molecular flexibility index (Phi) is 5.72. The van der Waals surface area contributed by atoms with Crippen molar-refractivity contribution in [1.82, 2.24) is 13.4 Å². The largest absolute Gasteiger partial charge is 0.467 e. The summed E-state index contributed by atoms with van der Waals surface area (Å²) in [6, 6.07) is 7.98. The van der Waals surface area contributed by atoms with Crippen molar-refractivity contribution in [2.45, 2.75) is 44.7 Å². The highest BCUT2D eigenvalue weighted by atomic mass is 32.2. The number of hydrogen-bond acceptors (Lipinski definition) is 5. The van der Waals surface area contributed by atoms with E-state index in [1.165, 1.54) is 27.2 Å².